The average Bonchev–Trinajstić information content (AvgIpc) is 2.37. The van der Waals surface area contributed by atoms with Gasteiger partial charge >= 0.3 is 5.97 Å². The molecule has 0 saturated carbocycles. The minimum atomic E-state index is -0.917. The van der Waals surface area contributed by atoms with Crippen molar-refractivity contribution in [2.45, 2.75) is 6.61 Å². The Morgan fingerprint density at radius 3 is 2.50 bits per heavy atom. The lowest BCUT2D eigenvalue weighted by atomic mass is 10.1. The van der Waals surface area contributed by atoms with Gasteiger partial charge in [0.25, 0.3) is 0 Å². The zero-order valence-electron chi connectivity index (χ0n) is 9.47. The monoisotopic (exact) mass is 354 g/mol. The van der Waals surface area contributed by atoms with E-state index in [2.05, 4.69) is 22.6 Å². The van der Waals surface area contributed by atoms with Crippen LogP contribution < -0.4 is 4.74 Å². The van der Waals surface area contributed by atoms with Gasteiger partial charge in [-0.05, 0) is 58.5 Å². The smallest absolute Gasteiger partial charge is 0.335 e. The molecule has 0 bridgehead atoms. The molecule has 0 aliphatic carbocycles. The molecule has 0 radical (unpaired) electrons. The molecule has 0 saturated heterocycles. The van der Waals surface area contributed by atoms with Crippen LogP contribution in [0.4, 0.5) is 0 Å². The van der Waals surface area contributed by atoms with Crippen LogP contribution in [0.2, 0.25) is 0 Å². The molecule has 18 heavy (non-hydrogen) atoms. The number of carboxylic acids is 1. The van der Waals surface area contributed by atoms with Crippen molar-refractivity contribution in [3.8, 4) is 5.75 Å². The normalized spacial score (nSPS) is 10.1. The van der Waals surface area contributed by atoms with E-state index in [0.717, 1.165) is 14.9 Å². The first-order valence-corrected chi connectivity index (χ1v) is 6.43. The molecule has 0 aliphatic rings. The van der Waals surface area contributed by atoms with Gasteiger partial charge < -0.3 is 9.84 Å². The third kappa shape index (κ3) is 3.46. The molecule has 0 amide bonds. The molecule has 4 heteroatoms. The molecule has 0 unspecified atom stereocenters. The summed E-state index contributed by atoms with van der Waals surface area (Å²) in [4.78, 5) is 10.7. The standard InChI is InChI=1S/C14H11IO3/c15-12-2-1-3-13(8-12)18-9-10-4-6-11(7-5-10)14(16)17/h1-8H,9H2,(H,16,17). The molecule has 1 N–H and O–H groups in total. The van der Waals surface area contributed by atoms with Crippen LogP contribution in [0.25, 0.3) is 0 Å². The van der Waals surface area contributed by atoms with Crippen LogP contribution in [0, 0.1) is 3.57 Å². The van der Waals surface area contributed by atoms with E-state index in [4.69, 9.17) is 9.84 Å². The quantitative estimate of drug-likeness (QED) is 0.854. The van der Waals surface area contributed by atoms with Crippen molar-refractivity contribution in [3.63, 3.8) is 0 Å². The Kier molecular flexibility index (Phi) is 4.19. The summed E-state index contributed by atoms with van der Waals surface area (Å²) in [5, 5.41) is 8.78. The fourth-order valence-electron chi connectivity index (χ4n) is 1.47. The molecule has 0 heterocycles. The summed E-state index contributed by atoms with van der Waals surface area (Å²) in [5.41, 5.74) is 1.23. The van der Waals surface area contributed by atoms with Crippen LogP contribution in [0.1, 0.15) is 15.9 Å². The van der Waals surface area contributed by atoms with Crippen molar-refractivity contribution in [3.05, 3.63) is 63.2 Å². The van der Waals surface area contributed by atoms with E-state index in [0.29, 0.717) is 6.61 Å². The fraction of sp³-hybridized carbons (Fsp3) is 0.0714. The van der Waals surface area contributed by atoms with Crippen LogP contribution in [0.15, 0.2) is 48.5 Å². The summed E-state index contributed by atoms with van der Waals surface area (Å²) in [6, 6.07) is 14.5. The molecule has 2 rings (SSSR count). The molecule has 0 atom stereocenters. The second-order valence-electron chi connectivity index (χ2n) is 3.75. The molecule has 0 aliphatic heterocycles. The van der Waals surface area contributed by atoms with Crippen LogP contribution >= 0.6 is 22.6 Å². The number of carbonyl (C=O) groups is 1. The molecular weight excluding hydrogens is 343 g/mol. The topological polar surface area (TPSA) is 46.5 Å². The Balaban J connectivity index is 2.00. The van der Waals surface area contributed by atoms with Gasteiger partial charge in [-0.2, -0.15) is 0 Å². The van der Waals surface area contributed by atoms with Crippen molar-refractivity contribution in [1.82, 2.24) is 0 Å². The van der Waals surface area contributed by atoms with E-state index in [1.54, 1.807) is 24.3 Å². The van der Waals surface area contributed by atoms with Crippen LogP contribution in [-0.4, -0.2) is 11.1 Å². The number of rotatable bonds is 4. The predicted molar refractivity (Wildman–Crippen MR) is 76.9 cm³/mol. The van der Waals surface area contributed by atoms with Gasteiger partial charge in [0.05, 0.1) is 5.56 Å². The number of benzene rings is 2. The molecule has 92 valence electrons. The Morgan fingerprint density at radius 1 is 1.17 bits per heavy atom. The first-order chi connectivity index (χ1) is 8.65. The molecule has 2 aromatic rings. The molecule has 0 spiro atoms. The van der Waals surface area contributed by atoms with Crippen molar-refractivity contribution in [1.29, 1.82) is 0 Å². The summed E-state index contributed by atoms with van der Waals surface area (Å²) < 4.78 is 6.74. The van der Waals surface area contributed by atoms with Crippen LogP contribution in [-0.2, 0) is 6.61 Å². The van der Waals surface area contributed by atoms with E-state index in [1.807, 2.05) is 24.3 Å². The SMILES string of the molecule is O=C(O)c1ccc(COc2cccc(I)c2)cc1. The molecule has 0 aromatic heterocycles. The maximum absolute atomic E-state index is 10.7. The maximum atomic E-state index is 10.7. The molecule has 0 fully saturated rings. The first-order valence-electron chi connectivity index (χ1n) is 5.36. The van der Waals surface area contributed by atoms with E-state index in [9.17, 15) is 4.79 Å². The third-order valence-electron chi connectivity index (χ3n) is 2.40. The highest BCUT2D eigenvalue weighted by molar-refractivity contribution is 14.1. The highest BCUT2D eigenvalue weighted by atomic mass is 127. The van der Waals surface area contributed by atoms with Crippen molar-refractivity contribution in [2.75, 3.05) is 0 Å². The first kappa shape index (κ1) is 12.9. The zero-order chi connectivity index (χ0) is 13.0. The van der Waals surface area contributed by atoms with E-state index in [1.165, 1.54) is 0 Å². The fourth-order valence-corrected chi connectivity index (χ4v) is 1.98. The number of carboxylic acid groups (broad SMARTS) is 1. The Hall–Kier alpha value is -1.56. The van der Waals surface area contributed by atoms with Crippen molar-refractivity contribution >= 4 is 28.6 Å². The van der Waals surface area contributed by atoms with Gasteiger partial charge in [0.15, 0.2) is 0 Å². The summed E-state index contributed by atoms with van der Waals surface area (Å²) >= 11 is 2.23. The predicted octanol–water partition coefficient (Wildman–Crippen LogP) is 3.57. The minimum absolute atomic E-state index is 0.285. The lowest BCUT2D eigenvalue weighted by molar-refractivity contribution is 0.0697. The Bertz CT molecular complexity index is 549. The Morgan fingerprint density at radius 2 is 1.89 bits per heavy atom. The average molecular weight is 354 g/mol. The number of aromatic carboxylic acids is 1. The number of hydrogen-bond donors (Lipinski definition) is 1. The van der Waals surface area contributed by atoms with Crippen LogP contribution in [0.5, 0.6) is 5.75 Å². The maximum Gasteiger partial charge on any atom is 0.335 e. The number of hydrogen-bond acceptors (Lipinski definition) is 2. The third-order valence-corrected chi connectivity index (χ3v) is 3.07. The van der Waals surface area contributed by atoms with Gasteiger partial charge in [-0.3, -0.25) is 0 Å². The van der Waals surface area contributed by atoms with Crippen molar-refractivity contribution < 1.29 is 14.6 Å². The lowest BCUT2D eigenvalue weighted by Gasteiger charge is -2.06. The van der Waals surface area contributed by atoms with Gasteiger partial charge in [-0.15, -0.1) is 0 Å². The summed E-state index contributed by atoms with van der Waals surface area (Å²) in [7, 11) is 0. The second-order valence-corrected chi connectivity index (χ2v) is 4.99. The summed E-state index contributed by atoms with van der Waals surface area (Å²) in [6.45, 7) is 0.431. The summed E-state index contributed by atoms with van der Waals surface area (Å²) in [6.07, 6.45) is 0. The van der Waals surface area contributed by atoms with Gasteiger partial charge in [-0.25, -0.2) is 4.79 Å². The largest absolute Gasteiger partial charge is 0.489 e. The number of ether oxygens (including phenoxy) is 1. The molecule has 2 aromatic carbocycles. The summed E-state index contributed by atoms with van der Waals surface area (Å²) in [5.74, 6) is -0.107. The zero-order valence-corrected chi connectivity index (χ0v) is 11.6. The van der Waals surface area contributed by atoms with E-state index < -0.39 is 5.97 Å². The van der Waals surface area contributed by atoms with E-state index >= 15 is 0 Å². The second kappa shape index (κ2) is 5.86. The molecular formula is C14H11IO3. The van der Waals surface area contributed by atoms with Gasteiger partial charge in [-0.1, -0.05) is 18.2 Å². The van der Waals surface area contributed by atoms with E-state index in [-0.39, 0.29) is 5.56 Å². The van der Waals surface area contributed by atoms with Crippen LogP contribution in [0.3, 0.4) is 0 Å². The Labute approximate surface area is 119 Å². The minimum Gasteiger partial charge on any atom is -0.489 e. The highest BCUT2D eigenvalue weighted by Gasteiger charge is 2.02. The van der Waals surface area contributed by atoms with Gasteiger partial charge in [0.1, 0.15) is 12.4 Å². The lowest BCUT2D eigenvalue weighted by Crippen LogP contribution is -1.98. The van der Waals surface area contributed by atoms with Crippen molar-refractivity contribution in [2.24, 2.45) is 0 Å². The number of halogens is 1. The molecule has 3 nitrogen and oxygen atoms in total. The van der Waals surface area contributed by atoms with Gasteiger partial charge in [0.2, 0.25) is 0 Å². The highest BCUT2D eigenvalue weighted by Crippen LogP contribution is 2.16. The van der Waals surface area contributed by atoms with Gasteiger partial charge in [0, 0.05) is 3.57 Å².